The molecule has 144 valence electrons. The van der Waals surface area contributed by atoms with Crippen molar-refractivity contribution in [2.75, 3.05) is 6.61 Å². The Kier molecular flexibility index (Phi) is 5.24. The van der Waals surface area contributed by atoms with Gasteiger partial charge in [0.25, 0.3) is 10.0 Å². The number of benzene rings is 2. The normalized spacial score (nSPS) is 12.4. The summed E-state index contributed by atoms with van der Waals surface area (Å²) in [5.41, 5.74) is 1.68. The van der Waals surface area contributed by atoms with Crippen molar-refractivity contribution in [2.24, 2.45) is 0 Å². The number of hydrogen-bond donors (Lipinski definition) is 0. The minimum atomic E-state index is -3.95. The van der Waals surface area contributed by atoms with Gasteiger partial charge in [-0.15, -0.1) is 9.19 Å². The van der Waals surface area contributed by atoms with Gasteiger partial charge < -0.3 is 4.74 Å². The summed E-state index contributed by atoms with van der Waals surface area (Å²) in [7, 11) is -3.95. The predicted octanol–water partition coefficient (Wildman–Crippen LogP) is 4.14. The van der Waals surface area contributed by atoms with Crippen molar-refractivity contribution < 1.29 is 13.2 Å². The maximum atomic E-state index is 13.4. The summed E-state index contributed by atoms with van der Waals surface area (Å²) in [5.74, 6) is 0.344. The number of unbranched alkanes of at least 4 members (excludes halogenated alkanes) is 1. The van der Waals surface area contributed by atoms with Gasteiger partial charge in [-0.3, -0.25) is 0 Å². The van der Waals surface area contributed by atoms with Crippen molar-refractivity contribution in [3.05, 3.63) is 48.0 Å². The molecule has 0 saturated heterocycles. The Morgan fingerprint density at radius 3 is 2.56 bits per heavy atom. The Morgan fingerprint density at radius 1 is 1.11 bits per heavy atom. The van der Waals surface area contributed by atoms with Crippen LogP contribution in [0.25, 0.3) is 11.0 Å². The van der Waals surface area contributed by atoms with E-state index in [1.807, 2.05) is 26.8 Å². The number of hydrogen-bond acceptors (Lipinski definition) is 5. The Balaban J connectivity index is 2.16. The van der Waals surface area contributed by atoms with E-state index in [-0.39, 0.29) is 10.3 Å². The van der Waals surface area contributed by atoms with Crippen LogP contribution < -0.4 is 4.74 Å². The van der Waals surface area contributed by atoms with Crippen molar-refractivity contribution in [3.63, 3.8) is 0 Å². The molecule has 1 heterocycles. The fourth-order valence-electron chi connectivity index (χ4n) is 2.74. The fraction of sp³-hybridized carbons (Fsp3) is 0.400. The summed E-state index contributed by atoms with van der Waals surface area (Å²) in [6, 6.07) is 12.3. The first-order chi connectivity index (χ1) is 12.7. The molecule has 0 amide bonds. The van der Waals surface area contributed by atoms with E-state index in [0.29, 0.717) is 23.4 Å². The molecular weight excluding hydrogens is 362 g/mol. The van der Waals surface area contributed by atoms with Crippen LogP contribution >= 0.6 is 0 Å². The number of aromatic nitrogens is 3. The van der Waals surface area contributed by atoms with Crippen molar-refractivity contribution in [1.29, 1.82) is 0 Å². The SMILES string of the molecule is CCCCOc1ccc(C(C)(C)C)cc1S(=O)(=O)n1nnc2ccccc21. The molecule has 3 rings (SSSR count). The van der Waals surface area contributed by atoms with E-state index >= 15 is 0 Å². The van der Waals surface area contributed by atoms with Crippen LogP contribution in [-0.2, 0) is 15.4 Å². The minimum Gasteiger partial charge on any atom is -0.492 e. The highest BCUT2D eigenvalue weighted by Crippen LogP contribution is 2.33. The summed E-state index contributed by atoms with van der Waals surface area (Å²) < 4.78 is 33.6. The van der Waals surface area contributed by atoms with E-state index in [0.717, 1.165) is 22.5 Å². The van der Waals surface area contributed by atoms with Gasteiger partial charge in [0.05, 0.1) is 6.61 Å². The number of ether oxygens (including phenoxy) is 1. The van der Waals surface area contributed by atoms with Gasteiger partial charge in [-0.1, -0.05) is 57.5 Å². The maximum absolute atomic E-state index is 13.4. The van der Waals surface area contributed by atoms with Crippen LogP contribution in [0.1, 0.15) is 46.1 Å². The van der Waals surface area contributed by atoms with Crippen LogP contribution in [0.4, 0.5) is 0 Å². The molecule has 7 heteroatoms. The lowest BCUT2D eigenvalue weighted by Crippen LogP contribution is -2.18. The first-order valence-electron chi connectivity index (χ1n) is 9.08. The molecule has 0 aliphatic carbocycles. The number of rotatable bonds is 6. The van der Waals surface area contributed by atoms with Gasteiger partial charge in [-0.2, -0.15) is 8.42 Å². The van der Waals surface area contributed by atoms with E-state index in [1.165, 1.54) is 0 Å². The summed E-state index contributed by atoms with van der Waals surface area (Å²) in [6.07, 6.45) is 1.82. The zero-order valence-electron chi connectivity index (χ0n) is 16.1. The van der Waals surface area contributed by atoms with E-state index in [4.69, 9.17) is 4.74 Å². The molecule has 0 N–H and O–H groups in total. The second-order valence-corrected chi connectivity index (χ2v) is 9.28. The highest BCUT2D eigenvalue weighted by atomic mass is 32.2. The summed E-state index contributed by atoms with van der Waals surface area (Å²) in [4.78, 5) is 0.113. The largest absolute Gasteiger partial charge is 0.492 e. The second kappa shape index (κ2) is 7.31. The van der Waals surface area contributed by atoms with Crippen LogP contribution in [-0.4, -0.2) is 29.4 Å². The third-order valence-corrected chi connectivity index (χ3v) is 5.99. The van der Waals surface area contributed by atoms with E-state index in [2.05, 4.69) is 17.2 Å². The van der Waals surface area contributed by atoms with E-state index in [1.54, 1.807) is 36.4 Å². The Hall–Kier alpha value is -2.41. The molecule has 0 aliphatic rings. The first kappa shape index (κ1) is 19.4. The summed E-state index contributed by atoms with van der Waals surface area (Å²) in [5, 5.41) is 7.88. The summed E-state index contributed by atoms with van der Waals surface area (Å²) in [6.45, 7) is 8.65. The van der Waals surface area contributed by atoms with Gasteiger partial charge in [0.2, 0.25) is 0 Å². The molecule has 0 fully saturated rings. The molecule has 3 aromatic rings. The molecule has 0 spiro atoms. The van der Waals surface area contributed by atoms with Gasteiger partial charge in [0.1, 0.15) is 21.7 Å². The highest BCUT2D eigenvalue weighted by Gasteiger charge is 2.27. The Morgan fingerprint density at radius 2 is 1.85 bits per heavy atom. The zero-order chi connectivity index (χ0) is 19.7. The number of para-hydroxylation sites is 1. The lowest BCUT2D eigenvalue weighted by Gasteiger charge is -2.21. The molecule has 0 unspecified atom stereocenters. The van der Waals surface area contributed by atoms with Gasteiger partial charge in [0, 0.05) is 0 Å². The fourth-order valence-corrected chi connectivity index (χ4v) is 4.13. The average Bonchev–Trinajstić information content (AvgIpc) is 3.06. The van der Waals surface area contributed by atoms with Crippen molar-refractivity contribution >= 4 is 21.1 Å². The first-order valence-corrected chi connectivity index (χ1v) is 10.5. The molecule has 0 radical (unpaired) electrons. The predicted molar refractivity (Wildman–Crippen MR) is 106 cm³/mol. The van der Waals surface area contributed by atoms with Gasteiger partial charge in [0.15, 0.2) is 0 Å². The van der Waals surface area contributed by atoms with Crippen LogP contribution in [0, 0.1) is 0 Å². The molecule has 0 saturated carbocycles. The Bertz CT molecular complexity index is 1050. The standard InChI is InChI=1S/C20H25N3O3S/c1-5-6-13-26-18-12-11-15(20(2,3)4)14-19(18)27(24,25)23-17-10-8-7-9-16(17)21-22-23/h7-12,14H,5-6,13H2,1-4H3. The quantitative estimate of drug-likeness (QED) is 0.594. The lowest BCUT2D eigenvalue weighted by atomic mass is 9.87. The second-order valence-electron chi connectivity index (χ2n) is 7.54. The molecule has 0 bridgehead atoms. The zero-order valence-corrected chi connectivity index (χ0v) is 17.0. The monoisotopic (exact) mass is 387 g/mol. The minimum absolute atomic E-state index is 0.113. The Labute approximate surface area is 160 Å². The average molecular weight is 388 g/mol. The van der Waals surface area contributed by atoms with Crippen LogP contribution in [0.15, 0.2) is 47.4 Å². The van der Waals surface area contributed by atoms with Crippen molar-refractivity contribution in [3.8, 4) is 5.75 Å². The third kappa shape index (κ3) is 3.83. The third-order valence-electron chi connectivity index (χ3n) is 4.39. The number of nitrogens with zero attached hydrogens (tertiary/aromatic N) is 3. The van der Waals surface area contributed by atoms with Gasteiger partial charge >= 0.3 is 0 Å². The van der Waals surface area contributed by atoms with Crippen LogP contribution in [0.2, 0.25) is 0 Å². The van der Waals surface area contributed by atoms with Gasteiger partial charge in [-0.25, -0.2) is 0 Å². The molecule has 0 aliphatic heterocycles. The van der Waals surface area contributed by atoms with E-state index < -0.39 is 10.0 Å². The van der Waals surface area contributed by atoms with Gasteiger partial charge in [-0.05, 0) is 41.7 Å². The van der Waals surface area contributed by atoms with Crippen molar-refractivity contribution in [1.82, 2.24) is 14.4 Å². The topological polar surface area (TPSA) is 74.1 Å². The molecule has 2 aromatic carbocycles. The summed E-state index contributed by atoms with van der Waals surface area (Å²) >= 11 is 0. The number of fused-ring (bicyclic) bond motifs is 1. The molecule has 6 nitrogen and oxygen atoms in total. The highest BCUT2D eigenvalue weighted by molar-refractivity contribution is 7.90. The molecule has 27 heavy (non-hydrogen) atoms. The van der Waals surface area contributed by atoms with Crippen molar-refractivity contribution in [2.45, 2.75) is 50.8 Å². The van der Waals surface area contributed by atoms with Crippen LogP contribution in [0.3, 0.4) is 0 Å². The lowest BCUT2D eigenvalue weighted by molar-refractivity contribution is 0.301. The smallest absolute Gasteiger partial charge is 0.288 e. The van der Waals surface area contributed by atoms with E-state index in [9.17, 15) is 8.42 Å². The molecule has 1 aromatic heterocycles. The maximum Gasteiger partial charge on any atom is 0.288 e. The molecular formula is C20H25N3O3S. The molecule has 0 atom stereocenters. The van der Waals surface area contributed by atoms with Crippen LogP contribution in [0.5, 0.6) is 5.75 Å².